The van der Waals surface area contributed by atoms with Crippen LogP contribution in [0.1, 0.15) is 22.3 Å². The van der Waals surface area contributed by atoms with Crippen molar-refractivity contribution in [1.29, 1.82) is 10.5 Å². The second-order valence-corrected chi connectivity index (χ2v) is 24.7. The van der Waals surface area contributed by atoms with Crippen LogP contribution in [0.2, 0.25) is 25.7 Å². The molecule has 0 radical (unpaired) electrons. The summed E-state index contributed by atoms with van der Waals surface area (Å²) in [7, 11) is -1.21. The molecule has 0 spiro atoms. The molecule has 0 aliphatic carbocycles. The summed E-state index contributed by atoms with van der Waals surface area (Å²) in [6.45, 7) is 20.4. The minimum absolute atomic E-state index is 0.291. The summed E-state index contributed by atoms with van der Waals surface area (Å²) in [5.74, 6) is 1.11. The number of ether oxygens (including phenoxy) is 3. The van der Waals surface area contributed by atoms with E-state index in [0.717, 1.165) is 105 Å². The molecule has 2 saturated heterocycles. The van der Waals surface area contributed by atoms with Crippen molar-refractivity contribution in [2.45, 2.75) is 56.6 Å². The van der Waals surface area contributed by atoms with Crippen molar-refractivity contribution in [3.8, 4) is 34.7 Å². The minimum atomic E-state index is -1.21. The minimum Gasteiger partial charge on any atom is -0.379 e. The molecule has 2 aliphatic rings. The van der Waals surface area contributed by atoms with Crippen molar-refractivity contribution < 1.29 is 23.0 Å². The highest BCUT2D eigenvalue weighted by molar-refractivity contribution is 7.99. The molecule has 2 aliphatic heterocycles. The normalized spacial score (nSPS) is 15.0. The number of morpholine rings is 2. The summed E-state index contributed by atoms with van der Waals surface area (Å²) in [5, 5.41) is 22.0. The second-order valence-electron chi connectivity index (χ2n) is 16.9. The van der Waals surface area contributed by atoms with Gasteiger partial charge in [-0.2, -0.15) is 10.5 Å². The van der Waals surface area contributed by atoms with E-state index in [1.165, 1.54) is 24.3 Å². The fraction of sp³-hybridized carbons (Fsp3) is 0.435. The van der Waals surface area contributed by atoms with E-state index < -0.39 is 8.07 Å². The Labute approximate surface area is 382 Å². The highest BCUT2D eigenvalue weighted by atomic mass is 32.2. The molecule has 2 aromatic carbocycles. The van der Waals surface area contributed by atoms with Crippen LogP contribution in [-0.2, 0) is 20.9 Å². The maximum absolute atomic E-state index is 13.9. The number of hydrogen-bond acceptors (Lipinski definition) is 13. The predicted molar refractivity (Wildman–Crippen MR) is 251 cm³/mol. The lowest BCUT2D eigenvalue weighted by molar-refractivity contribution is 0.0409. The van der Waals surface area contributed by atoms with E-state index in [1.54, 1.807) is 48.1 Å². The van der Waals surface area contributed by atoms with Gasteiger partial charge in [0.2, 0.25) is 0 Å². The van der Waals surface area contributed by atoms with Crippen molar-refractivity contribution in [3.05, 3.63) is 82.7 Å². The molecule has 0 atom stereocenters. The fourth-order valence-electron chi connectivity index (χ4n) is 7.48. The van der Waals surface area contributed by atoms with Gasteiger partial charge in [0.05, 0.1) is 59.7 Å². The Kier molecular flexibility index (Phi) is 16.2. The Bertz CT molecular complexity index is 2650. The van der Waals surface area contributed by atoms with Gasteiger partial charge in [-0.3, -0.25) is 9.80 Å². The number of fused-ring (bicyclic) bond motifs is 2. The second kappa shape index (κ2) is 21.9. The molecular weight excluding hydrogens is 871 g/mol. The maximum atomic E-state index is 13.9. The summed E-state index contributed by atoms with van der Waals surface area (Å²) >= 11 is 3.18. The summed E-state index contributed by atoms with van der Waals surface area (Å²) in [6.07, 6.45) is 3.43. The van der Waals surface area contributed by atoms with Gasteiger partial charge in [-0.05, 0) is 67.4 Å². The van der Waals surface area contributed by atoms with Crippen molar-refractivity contribution in [3.63, 3.8) is 0 Å². The summed E-state index contributed by atoms with van der Waals surface area (Å²) in [6, 6.07) is 14.8. The number of nitriles is 2. The van der Waals surface area contributed by atoms with E-state index in [9.17, 15) is 19.3 Å². The number of aryl methyl sites for hydroxylation is 2. The van der Waals surface area contributed by atoms with Gasteiger partial charge in [-0.15, -0.1) is 0 Å². The molecule has 2 fully saturated rings. The van der Waals surface area contributed by atoms with Crippen molar-refractivity contribution in [2.75, 3.05) is 83.8 Å². The van der Waals surface area contributed by atoms with Crippen LogP contribution in [0.4, 0.5) is 8.78 Å². The zero-order chi connectivity index (χ0) is 45.2. The summed E-state index contributed by atoms with van der Waals surface area (Å²) in [5.41, 5.74) is 6.73. The number of benzene rings is 2. The van der Waals surface area contributed by atoms with Crippen LogP contribution in [0, 0.1) is 48.1 Å². The number of halogens is 2. The van der Waals surface area contributed by atoms with Crippen LogP contribution in [-0.4, -0.2) is 131 Å². The van der Waals surface area contributed by atoms with E-state index in [0.29, 0.717) is 68.2 Å². The van der Waals surface area contributed by atoms with Gasteiger partial charge in [-0.1, -0.05) is 43.2 Å². The quantitative estimate of drug-likeness (QED) is 0.0454. The maximum Gasteiger partial charge on any atom is 0.190 e. The van der Waals surface area contributed by atoms with Crippen molar-refractivity contribution in [1.82, 2.24) is 39.3 Å². The van der Waals surface area contributed by atoms with Crippen LogP contribution >= 0.6 is 23.5 Å². The van der Waals surface area contributed by atoms with Crippen molar-refractivity contribution in [2.24, 2.45) is 0 Å². The number of H-pyrrole nitrogens is 1. The van der Waals surface area contributed by atoms with Crippen LogP contribution < -0.4 is 0 Å². The number of rotatable bonds is 15. The predicted octanol–water partition coefficient (Wildman–Crippen LogP) is 8.52. The van der Waals surface area contributed by atoms with E-state index in [2.05, 4.69) is 51.5 Å². The first-order valence-electron chi connectivity index (χ1n) is 21.5. The molecular formula is C46H54F2N10O3S2Si. The van der Waals surface area contributed by atoms with Gasteiger partial charge >= 0.3 is 0 Å². The summed E-state index contributed by atoms with van der Waals surface area (Å²) < 4.78 is 46.2. The lowest BCUT2D eigenvalue weighted by Crippen LogP contribution is -2.37. The molecule has 0 saturated carbocycles. The Morgan fingerprint density at radius 2 is 1.28 bits per heavy atom. The third kappa shape index (κ3) is 12.1. The first-order chi connectivity index (χ1) is 30.9. The Morgan fingerprint density at radius 1 is 0.750 bits per heavy atom. The molecule has 6 heterocycles. The smallest absolute Gasteiger partial charge is 0.190 e. The molecule has 336 valence electrons. The van der Waals surface area contributed by atoms with Gasteiger partial charge in [0, 0.05) is 89.0 Å². The lowest BCUT2D eigenvalue weighted by atomic mass is 10.0. The van der Waals surface area contributed by atoms with E-state index in [4.69, 9.17) is 29.2 Å². The van der Waals surface area contributed by atoms with E-state index in [-0.39, 0.29) is 11.6 Å². The Hall–Kier alpha value is -4.76. The number of aromatic nitrogens is 6. The first-order valence-corrected chi connectivity index (χ1v) is 27.2. The highest BCUT2D eigenvalue weighted by Crippen LogP contribution is 2.35. The van der Waals surface area contributed by atoms with Crippen LogP contribution in [0.15, 0.2) is 59.1 Å². The molecule has 1 N–H and O–H groups in total. The SMILES string of the molecule is Cc1cc(F)ccc1-c1nc(SCCN2CCOCC2)nc2[nH]cc(C#N)c12.Cc1cc(F)ccc1-c1nc(SCCN2CCOCC2)nc2c1c(C#N)cn2COCC[Si](C)(C)C. The van der Waals surface area contributed by atoms with Crippen molar-refractivity contribution >= 4 is 53.7 Å². The van der Waals surface area contributed by atoms with E-state index in [1.807, 2.05) is 18.4 Å². The standard InChI is InChI=1S/C26H34FN5O2SSi.C20H20FN5OS/c1-19-15-21(27)5-6-22(19)24-23-20(16-28)17-32(18-34-12-14-36(2,3)4)25(23)30-26(29-24)35-13-9-31-7-10-33-11-8-31;1-13-10-15(21)2-3-16(13)18-17-14(11-22)12-23-19(17)25-20(24-18)28-9-6-26-4-7-27-8-5-26/h5-6,15,17H,7-14,18H2,1-4H3;2-3,10,12H,4-9H2,1H3,(H,23,24,25). The molecule has 18 heteroatoms. The number of aromatic amines is 1. The Morgan fingerprint density at radius 3 is 1.80 bits per heavy atom. The average molecular weight is 925 g/mol. The Balaban J connectivity index is 0.000000197. The molecule has 8 rings (SSSR count). The third-order valence-corrected chi connectivity index (χ3v) is 14.4. The first kappa shape index (κ1) is 47.2. The number of hydrogen-bond donors (Lipinski definition) is 1. The average Bonchev–Trinajstić information content (AvgIpc) is 3.86. The largest absolute Gasteiger partial charge is 0.379 e. The number of thioether (sulfide) groups is 2. The zero-order valence-corrected chi connectivity index (χ0v) is 39.7. The monoisotopic (exact) mass is 924 g/mol. The molecule has 6 aromatic rings. The summed E-state index contributed by atoms with van der Waals surface area (Å²) in [4.78, 5) is 26.9. The van der Waals surface area contributed by atoms with Gasteiger partial charge in [-0.25, -0.2) is 28.7 Å². The molecule has 0 unspecified atom stereocenters. The fourth-order valence-corrected chi connectivity index (χ4v) is 9.92. The van der Waals surface area contributed by atoms with Crippen LogP contribution in [0.5, 0.6) is 0 Å². The highest BCUT2D eigenvalue weighted by Gasteiger charge is 2.22. The van der Waals surface area contributed by atoms with Gasteiger partial charge in [0.15, 0.2) is 10.3 Å². The molecule has 13 nitrogen and oxygen atoms in total. The van der Waals surface area contributed by atoms with Crippen LogP contribution in [0.25, 0.3) is 44.6 Å². The molecule has 64 heavy (non-hydrogen) atoms. The van der Waals surface area contributed by atoms with Gasteiger partial charge in [0.25, 0.3) is 0 Å². The molecule has 0 amide bonds. The topological polar surface area (TPSA) is 154 Å². The number of nitrogens with one attached hydrogen (secondary N) is 1. The molecule has 0 bridgehead atoms. The van der Waals surface area contributed by atoms with Gasteiger partial charge < -0.3 is 23.8 Å². The zero-order valence-electron chi connectivity index (χ0n) is 37.0. The van der Waals surface area contributed by atoms with Crippen LogP contribution in [0.3, 0.4) is 0 Å². The lowest BCUT2D eigenvalue weighted by Gasteiger charge is -2.26. The molecule has 4 aromatic heterocycles. The number of nitrogens with zero attached hydrogens (tertiary/aromatic N) is 9. The third-order valence-electron chi connectivity index (χ3n) is 11.0. The van der Waals surface area contributed by atoms with E-state index >= 15 is 0 Å². The van der Waals surface area contributed by atoms with Gasteiger partial charge in [0.1, 0.15) is 41.8 Å².